The first-order valence-electron chi connectivity index (χ1n) is 8.30. The van der Waals surface area contributed by atoms with E-state index >= 15 is 0 Å². The van der Waals surface area contributed by atoms with Gasteiger partial charge in [-0.2, -0.15) is 0 Å². The Labute approximate surface area is 162 Å². The van der Waals surface area contributed by atoms with Gasteiger partial charge >= 0.3 is 0 Å². The molecule has 0 saturated carbocycles. The van der Waals surface area contributed by atoms with Gasteiger partial charge in [0.1, 0.15) is 5.75 Å². The Kier molecular flexibility index (Phi) is 6.77. The Morgan fingerprint density at radius 2 is 2.00 bits per heavy atom. The van der Waals surface area contributed by atoms with Crippen molar-refractivity contribution in [3.05, 3.63) is 24.3 Å². The third kappa shape index (κ3) is 5.04. The van der Waals surface area contributed by atoms with Gasteiger partial charge in [0.2, 0.25) is 31.6 Å². The lowest BCUT2D eigenvalue weighted by atomic mass is 10.1. The zero-order valence-electron chi connectivity index (χ0n) is 15.4. The molecule has 0 bridgehead atoms. The number of nitrogens with one attached hydrogen (secondary N) is 1. The molecule has 1 aromatic carbocycles. The van der Waals surface area contributed by atoms with Crippen LogP contribution in [0.2, 0.25) is 19.6 Å². The van der Waals surface area contributed by atoms with Gasteiger partial charge in [0.05, 0.1) is 12.7 Å². The summed E-state index contributed by atoms with van der Waals surface area (Å²) in [6.07, 6.45) is 1.03. The van der Waals surface area contributed by atoms with Gasteiger partial charge in [-0.05, 0) is 38.2 Å². The third-order valence-corrected chi connectivity index (χ3v) is 4.77. The number of alkyl halides is 1. The van der Waals surface area contributed by atoms with Crippen molar-refractivity contribution in [3.63, 3.8) is 0 Å². The summed E-state index contributed by atoms with van der Waals surface area (Å²) in [4.78, 5) is 12.1. The van der Waals surface area contributed by atoms with E-state index in [1.807, 2.05) is 31.8 Å². The number of aromatic hydroxyl groups is 1. The minimum atomic E-state index is -2.06. The molecule has 0 aliphatic carbocycles. The lowest BCUT2D eigenvalue weighted by Crippen LogP contribution is -2.29. The molecule has 6 nitrogen and oxygen atoms in total. The van der Waals surface area contributed by atoms with Crippen LogP contribution in [0.1, 0.15) is 12.8 Å². The molecule has 142 valence electrons. The van der Waals surface area contributed by atoms with Crippen molar-refractivity contribution in [2.75, 3.05) is 17.8 Å². The molecule has 0 unspecified atom stereocenters. The molecular weight excluding hydrogens is 418 g/mol. The second-order valence-electron chi connectivity index (χ2n) is 6.69. The SMILES string of the molecule is COc1ccccc1-c1oc(NC(=O)CCCBr)c(O[Si](C)(C)C)c1O. The maximum atomic E-state index is 12.1. The fourth-order valence-corrected chi connectivity index (χ4v) is 3.40. The summed E-state index contributed by atoms with van der Waals surface area (Å²) >= 11 is 3.30. The van der Waals surface area contributed by atoms with Gasteiger partial charge in [-0.1, -0.05) is 28.1 Å². The highest BCUT2D eigenvalue weighted by Gasteiger charge is 2.29. The molecule has 0 saturated heterocycles. The topological polar surface area (TPSA) is 80.9 Å². The first-order valence-corrected chi connectivity index (χ1v) is 12.8. The van der Waals surface area contributed by atoms with E-state index in [9.17, 15) is 9.90 Å². The minimum absolute atomic E-state index is 0.116. The number of carbonyl (C=O) groups is 1. The van der Waals surface area contributed by atoms with Crippen molar-refractivity contribution in [2.24, 2.45) is 0 Å². The van der Waals surface area contributed by atoms with Gasteiger partial charge in [-0.15, -0.1) is 0 Å². The molecular formula is C18H24BrNO5Si. The Morgan fingerprint density at radius 1 is 1.31 bits per heavy atom. The maximum Gasteiger partial charge on any atom is 0.245 e. The number of hydrogen-bond donors (Lipinski definition) is 2. The van der Waals surface area contributed by atoms with E-state index in [2.05, 4.69) is 21.2 Å². The van der Waals surface area contributed by atoms with Gasteiger partial charge in [-0.3, -0.25) is 10.1 Å². The quantitative estimate of drug-likeness (QED) is 0.445. The number of rotatable bonds is 8. The Bertz CT molecular complexity index is 769. The summed E-state index contributed by atoms with van der Waals surface area (Å²) in [6, 6.07) is 7.18. The lowest BCUT2D eigenvalue weighted by molar-refractivity contribution is -0.116. The van der Waals surface area contributed by atoms with Gasteiger partial charge in [0.15, 0.2) is 5.76 Å². The van der Waals surface area contributed by atoms with Crippen LogP contribution in [0.3, 0.4) is 0 Å². The number of halogens is 1. The summed E-state index contributed by atoms with van der Waals surface area (Å²) in [5.74, 6) is 0.681. The molecule has 8 heteroatoms. The van der Waals surface area contributed by atoms with E-state index in [0.717, 1.165) is 5.33 Å². The number of carbonyl (C=O) groups excluding carboxylic acids is 1. The standard InChI is InChI=1S/C18H24BrNO5Si/c1-23-13-9-6-5-8-12(13)16-15(22)17(25-26(2,3)4)18(24-16)20-14(21)10-7-11-19/h5-6,8-9,22H,7,10-11H2,1-4H3,(H,20,21). The summed E-state index contributed by atoms with van der Waals surface area (Å²) in [5.41, 5.74) is 0.578. The maximum absolute atomic E-state index is 12.1. The van der Waals surface area contributed by atoms with Gasteiger partial charge in [-0.25, -0.2) is 0 Å². The predicted molar refractivity (Wildman–Crippen MR) is 108 cm³/mol. The number of benzene rings is 1. The molecule has 1 amide bonds. The van der Waals surface area contributed by atoms with Crippen molar-refractivity contribution < 1.29 is 23.5 Å². The second-order valence-corrected chi connectivity index (χ2v) is 11.9. The van der Waals surface area contributed by atoms with Crippen LogP contribution in [-0.2, 0) is 4.79 Å². The molecule has 2 aromatic rings. The first kappa shape index (κ1) is 20.4. The average molecular weight is 442 g/mol. The Balaban J connectivity index is 2.47. The number of anilines is 1. The van der Waals surface area contributed by atoms with Crippen molar-refractivity contribution in [1.82, 2.24) is 0 Å². The number of amides is 1. The highest BCUT2D eigenvalue weighted by atomic mass is 79.9. The second kappa shape index (κ2) is 8.63. The Hall–Kier alpha value is -1.93. The van der Waals surface area contributed by atoms with Crippen LogP contribution >= 0.6 is 15.9 Å². The molecule has 2 rings (SSSR count). The molecule has 0 radical (unpaired) electrons. The first-order chi connectivity index (χ1) is 12.3. The highest BCUT2D eigenvalue weighted by Crippen LogP contribution is 2.49. The van der Waals surface area contributed by atoms with Crippen molar-refractivity contribution in [3.8, 4) is 28.6 Å². The molecule has 0 atom stereocenters. The zero-order valence-corrected chi connectivity index (χ0v) is 18.0. The van der Waals surface area contributed by atoms with E-state index in [4.69, 9.17) is 13.6 Å². The lowest BCUT2D eigenvalue weighted by Gasteiger charge is -2.18. The van der Waals surface area contributed by atoms with Crippen LogP contribution in [0.25, 0.3) is 11.3 Å². The molecule has 2 N–H and O–H groups in total. The molecule has 0 spiro atoms. The van der Waals surface area contributed by atoms with Crippen LogP contribution in [0.4, 0.5) is 5.88 Å². The zero-order chi connectivity index (χ0) is 19.3. The van der Waals surface area contributed by atoms with Crippen molar-refractivity contribution in [1.29, 1.82) is 0 Å². The van der Waals surface area contributed by atoms with E-state index in [1.54, 1.807) is 19.2 Å². The summed E-state index contributed by atoms with van der Waals surface area (Å²) in [6.45, 7) is 5.95. The average Bonchev–Trinajstić information content (AvgIpc) is 2.87. The van der Waals surface area contributed by atoms with Gasteiger partial charge in [0, 0.05) is 11.8 Å². The number of hydrogen-bond acceptors (Lipinski definition) is 5. The highest BCUT2D eigenvalue weighted by molar-refractivity contribution is 9.09. The van der Waals surface area contributed by atoms with Crippen LogP contribution < -0.4 is 14.5 Å². The summed E-state index contributed by atoms with van der Waals surface area (Å²) in [7, 11) is -0.514. The fraction of sp³-hybridized carbons (Fsp3) is 0.389. The van der Waals surface area contributed by atoms with Gasteiger partial charge in [0.25, 0.3) is 0 Å². The van der Waals surface area contributed by atoms with Crippen molar-refractivity contribution in [2.45, 2.75) is 32.5 Å². The largest absolute Gasteiger partial charge is 0.538 e. The van der Waals surface area contributed by atoms with E-state index in [1.165, 1.54) is 0 Å². The van der Waals surface area contributed by atoms with E-state index in [-0.39, 0.29) is 29.1 Å². The smallest absolute Gasteiger partial charge is 0.245 e. The minimum Gasteiger partial charge on any atom is -0.538 e. The predicted octanol–water partition coefficient (Wildman–Crippen LogP) is 4.99. The molecule has 1 heterocycles. The summed E-state index contributed by atoms with van der Waals surface area (Å²) < 4.78 is 17.1. The molecule has 0 aliphatic heterocycles. The van der Waals surface area contributed by atoms with Crippen LogP contribution in [-0.4, -0.2) is 31.8 Å². The third-order valence-electron chi connectivity index (χ3n) is 3.39. The molecule has 0 aliphatic rings. The molecule has 0 fully saturated rings. The van der Waals surface area contributed by atoms with E-state index < -0.39 is 8.32 Å². The number of para-hydroxylation sites is 1. The molecule has 1 aromatic heterocycles. The van der Waals surface area contributed by atoms with Gasteiger partial charge < -0.3 is 18.7 Å². The van der Waals surface area contributed by atoms with Crippen LogP contribution in [0, 0.1) is 0 Å². The van der Waals surface area contributed by atoms with E-state index in [0.29, 0.717) is 24.2 Å². The van der Waals surface area contributed by atoms with Crippen LogP contribution in [0.15, 0.2) is 28.7 Å². The summed E-state index contributed by atoms with van der Waals surface area (Å²) in [5, 5.41) is 14.2. The van der Waals surface area contributed by atoms with Crippen LogP contribution in [0.5, 0.6) is 17.2 Å². The number of methoxy groups -OCH3 is 1. The fourth-order valence-electron chi connectivity index (χ4n) is 2.32. The number of furan rings is 1. The normalized spacial score (nSPS) is 11.3. The van der Waals surface area contributed by atoms with Crippen molar-refractivity contribution >= 4 is 36.0 Å². The Morgan fingerprint density at radius 3 is 2.62 bits per heavy atom. The number of ether oxygens (including phenoxy) is 1. The monoisotopic (exact) mass is 441 g/mol. The molecule has 26 heavy (non-hydrogen) atoms.